The monoisotopic (exact) mass is 401 g/mol. The molecule has 0 amide bonds. The number of halogens is 2. The maximum absolute atomic E-state index is 14.0. The molecule has 0 saturated carbocycles. The number of benzene rings is 2. The fourth-order valence-corrected chi connectivity index (χ4v) is 4.09. The van der Waals surface area contributed by atoms with Gasteiger partial charge in [-0.2, -0.15) is 5.10 Å². The minimum absolute atomic E-state index is 0.265. The van der Waals surface area contributed by atoms with E-state index in [1.54, 1.807) is 22.5 Å². The van der Waals surface area contributed by atoms with Gasteiger partial charge in [-0.05, 0) is 30.2 Å². The average Bonchev–Trinajstić information content (AvgIpc) is 3.22. The largest absolute Gasteiger partial charge is 0.354 e. The molecule has 1 saturated heterocycles. The van der Waals surface area contributed by atoms with Crippen molar-refractivity contribution in [2.24, 2.45) is 0 Å². The molecule has 1 aromatic heterocycles. The topological polar surface area (TPSA) is 43.2 Å². The van der Waals surface area contributed by atoms with Crippen LogP contribution in [0.15, 0.2) is 53.9 Å². The Bertz CT molecular complexity index is 990. The second kappa shape index (κ2) is 7.29. The lowest BCUT2D eigenvalue weighted by Gasteiger charge is -2.16. The fourth-order valence-electron chi connectivity index (χ4n) is 3.33. The number of nitrogens with zero attached hydrogens (tertiary/aromatic N) is 3. The van der Waals surface area contributed by atoms with Crippen molar-refractivity contribution in [3.63, 3.8) is 0 Å². The molecule has 0 spiro atoms. The van der Waals surface area contributed by atoms with E-state index >= 15 is 0 Å². The molecule has 4 nitrogen and oxygen atoms in total. The molecule has 0 N–H and O–H groups in total. The van der Waals surface area contributed by atoms with Gasteiger partial charge in [0.15, 0.2) is 16.8 Å². The number of aryl methyl sites for hydroxylation is 1. The second-order valence-electron chi connectivity index (χ2n) is 7.29. The summed E-state index contributed by atoms with van der Waals surface area (Å²) in [5.74, 6) is -1.76. The molecule has 3 aromatic rings. The molecule has 2 heterocycles. The summed E-state index contributed by atoms with van der Waals surface area (Å²) in [7, 11) is 0. The Hall–Kier alpha value is -2.25. The van der Waals surface area contributed by atoms with Crippen molar-refractivity contribution in [1.29, 1.82) is 0 Å². The first-order chi connectivity index (χ1) is 13.4. The Labute approximate surface area is 166 Å². The zero-order valence-electron chi connectivity index (χ0n) is 15.9. The van der Waals surface area contributed by atoms with Crippen LogP contribution in [0.3, 0.4) is 0 Å². The van der Waals surface area contributed by atoms with E-state index in [1.165, 1.54) is 12.4 Å². The SMILES string of the molecule is Cc1ccc(C2OC2(Cn2ncnc2SC(C)C)c2ccc(F)c(F)c2)cc1. The zero-order valence-corrected chi connectivity index (χ0v) is 16.7. The molecule has 1 aliphatic rings. The highest BCUT2D eigenvalue weighted by molar-refractivity contribution is 7.99. The van der Waals surface area contributed by atoms with Gasteiger partial charge >= 0.3 is 0 Å². The van der Waals surface area contributed by atoms with Crippen molar-refractivity contribution in [2.45, 2.75) is 49.4 Å². The molecule has 0 bridgehead atoms. The van der Waals surface area contributed by atoms with Crippen LogP contribution in [0.5, 0.6) is 0 Å². The Balaban J connectivity index is 1.72. The van der Waals surface area contributed by atoms with Gasteiger partial charge in [0.2, 0.25) is 0 Å². The normalized spacial score (nSPS) is 21.3. The molecular formula is C21H21F2N3OS. The van der Waals surface area contributed by atoms with Crippen LogP contribution < -0.4 is 0 Å². The summed E-state index contributed by atoms with van der Waals surface area (Å²) in [6.45, 7) is 6.55. The quantitative estimate of drug-likeness (QED) is 0.429. The molecule has 0 aliphatic carbocycles. The van der Waals surface area contributed by atoms with E-state index in [9.17, 15) is 8.78 Å². The molecule has 4 rings (SSSR count). The minimum Gasteiger partial charge on any atom is -0.354 e. The van der Waals surface area contributed by atoms with Crippen molar-refractivity contribution in [3.8, 4) is 0 Å². The number of thioether (sulfide) groups is 1. The van der Waals surface area contributed by atoms with Gasteiger partial charge in [-0.3, -0.25) is 0 Å². The van der Waals surface area contributed by atoms with Gasteiger partial charge in [-0.15, -0.1) is 0 Å². The molecule has 2 aromatic carbocycles. The maximum atomic E-state index is 14.0. The third-order valence-corrected chi connectivity index (χ3v) is 5.79. The van der Waals surface area contributed by atoms with Crippen LogP contribution in [0.25, 0.3) is 0 Å². The zero-order chi connectivity index (χ0) is 19.9. The number of ether oxygens (including phenoxy) is 1. The summed E-state index contributed by atoms with van der Waals surface area (Å²) in [6, 6.07) is 12.0. The van der Waals surface area contributed by atoms with Gasteiger partial charge in [0.25, 0.3) is 0 Å². The first-order valence-corrected chi connectivity index (χ1v) is 10.0. The number of aromatic nitrogens is 3. The highest BCUT2D eigenvalue weighted by Crippen LogP contribution is 2.58. The highest BCUT2D eigenvalue weighted by atomic mass is 32.2. The van der Waals surface area contributed by atoms with E-state index in [4.69, 9.17) is 4.74 Å². The molecule has 2 atom stereocenters. The fraction of sp³-hybridized carbons (Fsp3) is 0.333. The lowest BCUT2D eigenvalue weighted by Crippen LogP contribution is -2.21. The van der Waals surface area contributed by atoms with E-state index in [0.717, 1.165) is 22.3 Å². The summed E-state index contributed by atoms with van der Waals surface area (Å²) in [5.41, 5.74) is 1.92. The van der Waals surface area contributed by atoms with Crippen LogP contribution in [0.1, 0.15) is 36.6 Å². The first kappa shape index (κ1) is 19.1. The third-order valence-electron chi connectivity index (χ3n) is 4.79. The Morgan fingerprint density at radius 1 is 1.14 bits per heavy atom. The minimum atomic E-state index is -0.884. The van der Waals surface area contributed by atoms with Gasteiger partial charge in [0, 0.05) is 5.25 Å². The van der Waals surface area contributed by atoms with Crippen LogP contribution in [-0.2, 0) is 16.9 Å². The standard InChI is InChI=1S/C21H21F2N3OS/c1-13(2)28-20-24-12-25-26(20)11-21(16-8-9-17(22)18(23)10-16)19(27-21)15-6-4-14(3)5-7-15/h4-10,12-13,19H,11H2,1-3H3. The van der Waals surface area contributed by atoms with Gasteiger partial charge < -0.3 is 4.74 Å². The van der Waals surface area contributed by atoms with Crippen molar-refractivity contribution in [3.05, 3.63) is 77.1 Å². The summed E-state index contributed by atoms with van der Waals surface area (Å²) < 4.78 is 35.4. The van der Waals surface area contributed by atoms with Crippen LogP contribution in [0.4, 0.5) is 8.78 Å². The summed E-state index contributed by atoms with van der Waals surface area (Å²) in [6.07, 6.45) is 1.24. The first-order valence-electron chi connectivity index (χ1n) is 9.13. The van der Waals surface area contributed by atoms with Crippen molar-refractivity contribution in [1.82, 2.24) is 14.8 Å². The van der Waals surface area contributed by atoms with Crippen molar-refractivity contribution >= 4 is 11.8 Å². The number of hydrogen-bond donors (Lipinski definition) is 0. The molecule has 1 aliphatic heterocycles. The maximum Gasteiger partial charge on any atom is 0.186 e. The van der Waals surface area contributed by atoms with E-state index in [2.05, 4.69) is 23.9 Å². The van der Waals surface area contributed by atoms with Crippen molar-refractivity contribution in [2.75, 3.05) is 0 Å². The summed E-state index contributed by atoms with van der Waals surface area (Å²) in [4.78, 5) is 4.33. The van der Waals surface area contributed by atoms with Gasteiger partial charge in [-0.25, -0.2) is 18.4 Å². The Morgan fingerprint density at radius 3 is 2.57 bits per heavy atom. The Kier molecular flexibility index (Phi) is 4.97. The lowest BCUT2D eigenvalue weighted by molar-refractivity contribution is 0.255. The molecular weight excluding hydrogens is 380 g/mol. The summed E-state index contributed by atoms with van der Waals surface area (Å²) in [5, 5.41) is 5.46. The van der Waals surface area contributed by atoms with E-state index in [1.807, 2.05) is 31.2 Å². The van der Waals surface area contributed by atoms with Gasteiger partial charge in [0.05, 0.1) is 6.54 Å². The molecule has 2 unspecified atom stereocenters. The smallest absolute Gasteiger partial charge is 0.186 e. The highest BCUT2D eigenvalue weighted by Gasteiger charge is 2.59. The van der Waals surface area contributed by atoms with Gasteiger partial charge in [0.1, 0.15) is 18.0 Å². The van der Waals surface area contributed by atoms with E-state index in [-0.39, 0.29) is 6.10 Å². The lowest BCUT2D eigenvalue weighted by atomic mass is 9.91. The molecule has 0 radical (unpaired) electrons. The van der Waals surface area contributed by atoms with Crippen LogP contribution in [0.2, 0.25) is 0 Å². The van der Waals surface area contributed by atoms with E-state index < -0.39 is 17.2 Å². The predicted molar refractivity (Wildman–Crippen MR) is 104 cm³/mol. The Morgan fingerprint density at radius 2 is 1.89 bits per heavy atom. The van der Waals surface area contributed by atoms with Crippen LogP contribution >= 0.6 is 11.8 Å². The number of hydrogen-bond acceptors (Lipinski definition) is 4. The third kappa shape index (κ3) is 3.56. The molecule has 7 heteroatoms. The average molecular weight is 401 g/mol. The summed E-state index contributed by atoms with van der Waals surface area (Å²) >= 11 is 1.60. The number of epoxide rings is 1. The van der Waals surface area contributed by atoms with Crippen LogP contribution in [-0.4, -0.2) is 20.0 Å². The number of rotatable bonds is 6. The molecule has 1 fully saturated rings. The molecule has 146 valence electrons. The predicted octanol–water partition coefficient (Wildman–Crippen LogP) is 5.03. The van der Waals surface area contributed by atoms with Crippen LogP contribution in [0, 0.1) is 18.6 Å². The second-order valence-corrected chi connectivity index (χ2v) is 8.84. The van der Waals surface area contributed by atoms with Crippen molar-refractivity contribution < 1.29 is 13.5 Å². The van der Waals surface area contributed by atoms with E-state index in [0.29, 0.717) is 17.4 Å². The van der Waals surface area contributed by atoms with Gasteiger partial charge in [-0.1, -0.05) is 61.5 Å². The molecule has 28 heavy (non-hydrogen) atoms.